The highest BCUT2D eigenvalue weighted by atomic mass is 16.3. The summed E-state index contributed by atoms with van der Waals surface area (Å²) in [5, 5.41) is 8.99. The molecule has 0 aromatic rings. The van der Waals surface area contributed by atoms with Crippen LogP contribution in [0.25, 0.3) is 0 Å². The van der Waals surface area contributed by atoms with Crippen molar-refractivity contribution in [3.63, 3.8) is 0 Å². The van der Waals surface area contributed by atoms with Crippen LogP contribution in [0, 0.1) is 5.41 Å². The molecular weight excluding hydrogens is 164 g/mol. The molecule has 1 aliphatic heterocycles. The van der Waals surface area contributed by atoms with E-state index in [0.717, 1.165) is 25.6 Å². The first kappa shape index (κ1) is 9.44. The Hall–Kier alpha value is -0.120. The number of likely N-dealkylation sites (tertiary alicyclic amines) is 1. The van der Waals surface area contributed by atoms with Gasteiger partial charge in [0.05, 0.1) is 0 Å². The fraction of sp³-hybridized carbons (Fsp3) is 1.00. The van der Waals surface area contributed by atoms with E-state index in [1.807, 2.05) is 0 Å². The maximum absolute atomic E-state index is 8.99. The van der Waals surface area contributed by atoms with Gasteiger partial charge in [0.1, 0.15) is 0 Å². The molecule has 0 bridgehead atoms. The molecule has 1 heterocycles. The van der Waals surface area contributed by atoms with Crippen molar-refractivity contribution < 1.29 is 5.11 Å². The largest absolute Gasteiger partial charge is 0.396 e. The van der Waals surface area contributed by atoms with E-state index in [2.05, 4.69) is 4.90 Å². The van der Waals surface area contributed by atoms with Crippen LogP contribution in [-0.4, -0.2) is 42.3 Å². The molecule has 0 aromatic carbocycles. The zero-order chi connectivity index (χ0) is 9.31. The number of aliphatic hydroxyl groups excluding tert-OH is 1. The van der Waals surface area contributed by atoms with Crippen LogP contribution < -0.4 is 5.73 Å². The Morgan fingerprint density at radius 2 is 2.23 bits per heavy atom. The summed E-state index contributed by atoms with van der Waals surface area (Å²) in [5.74, 6) is 0. The van der Waals surface area contributed by atoms with E-state index < -0.39 is 0 Å². The minimum Gasteiger partial charge on any atom is -0.396 e. The van der Waals surface area contributed by atoms with E-state index in [1.165, 1.54) is 25.8 Å². The predicted octanol–water partition coefficient (Wildman–Crippen LogP) is 0.182. The van der Waals surface area contributed by atoms with Crippen molar-refractivity contribution in [3.8, 4) is 0 Å². The molecule has 13 heavy (non-hydrogen) atoms. The van der Waals surface area contributed by atoms with E-state index in [0.29, 0.717) is 0 Å². The number of hydrogen-bond donors (Lipinski definition) is 2. The summed E-state index contributed by atoms with van der Waals surface area (Å²) in [6, 6.07) is 0.854. The molecule has 0 amide bonds. The first-order chi connectivity index (χ1) is 6.29. The monoisotopic (exact) mass is 184 g/mol. The molecule has 0 spiro atoms. The molecule has 3 N–H and O–H groups in total. The highest BCUT2D eigenvalue weighted by Crippen LogP contribution is 2.38. The van der Waals surface area contributed by atoms with Gasteiger partial charge in [-0.25, -0.2) is 0 Å². The first-order valence-electron chi connectivity index (χ1n) is 5.35. The van der Waals surface area contributed by atoms with Crippen molar-refractivity contribution in [1.29, 1.82) is 0 Å². The van der Waals surface area contributed by atoms with Crippen molar-refractivity contribution in [2.75, 3.05) is 26.2 Å². The average Bonchev–Trinajstić information content (AvgIpc) is 2.90. The van der Waals surface area contributed by atoms with E-state index >= 15 is 0 Å². The molecule has 1 aliphatic carbocycles. The predicted molar refractivity (Wildman–Crippen MR) is 52.4 cm³/mol. The van der Waals surface area contributed by atoms with Crippen LogP contribution in [0.1, 0.15) is 25.7 Å². The van der Waals surface area contributed by atoms with E-state index in [1.54, 1.807) is 0 Å². The molecule has 2 aliphatic rings. The summed E-state index contributed by atoms with van der Waals surface area (Å²) in [5.41, 5.74) is 6.03. The van der Waals surface area contributed by atoms with Gasteiger partial charge in [-0.1, -0.05) is 0 Å². The second kappa shape index (κ2) is 3.56. The lowest BCUT2D eigenvalue weighted by Crippen LogP contribution is -2.35. The standard InChI is InChI=1S/C10H20N2O/c11-7-10(4-6-13)3-5-12(8-10)9-1-2-9/h9,13H,1-8,11H2. The van der Waals surface area contributed by atoms with Gasteiger partial charge in [-0.15, -0.1) is 0 Å². The summed E-state index contributed by atoms with van der Waals surface area (Å²) in [4.78, 5) is 2.56. The summed E-state index contributed by atoms with van der Waals surface area (Å²) in [6.07, 6.45) is 4.81. The van der Waals surface area contributed by atoms with Gasteiger partial charge >= 0.3 is 0 Å². The molecule has 2 rings (SSSR count). The fourth-order valence-electron chi connectivity index (χ4n) is 2.43. The Labute approximate surface area is 79.9 Å². The number of nitrogens with two attached hydrogens (primary N) is 1. The van der Waals surface area contributed by atoms with Crippen molar-refractivity contribution in [2.24, 2.45) is 11.1 Å². The maximum atomic E-state index is 8.99. The van der Waals surface area contributed by atoms with Gasteiger partial charge in [-0.3, -0.25) is 4.90 Å². The third-order valence-electron chi connectivity index (χ3n) is 3.61. The van der Waals surface area contributed by atoms with E-state index in [-0.39, 0.29) is 12.0 Å². The molecule has 3 heteroatoms. The Balaban J connectivity index is 1.91. The van der Waals surface area contributed by atoms with Crippen LogP contribution in [0.3, 0.4) is 0 Å². The van der Waals surface area contributed by atoms with Crippen molar-refractivity contribution in [2.45, 2.75) is 31.7 Å². The van der Waals surface area contributed by atoms with Crippen LogP contribution >= 0.6 is 0 Å². The Morgan fingerprint density at radius 1 is 1.46 bits per heavy atom. The summed E-state index contributed by atoms with van der Waals surface area (Å²) < 4.78 is 0. The van der Waals surface area contributed by atoms with Crippen molar-refractivity contribution in [1.82, 2.24) is 4.90 Å². The van der Waals surface area contributed by atoms with Crippen LogP contribution in [-0.2, 0) is 0 Å². The zero-order valence-electron chi connectivity index (χ0n) is 8.21. The summed E-state index contributed by atoms with van der Waals surface area (Å²) >= 11 is 0. The quantitative estimate of drug-likeness (QED) is 0.655. The lowest BCUT2D eigenvalue weighted by atomic mass is 9.84. The highest BCUT2D eigenvalue weighted by Gasteiger charge is 2.41. The van der Waals surface area contributed by atoms with Gasteiger partial charge in [0.15, 0.2) is 0 Å². The Bertz CT molecular complexity index is 182. The van der Waals surface area contributed by atoms with Gasteiger partial charge in [0.25, 0.3) is 0 Å². The fourth-order valence-corrected chi connectivity index (χ4v) is 2.43. The van der Waals surface area contributed by atoms with Crippen LogP contribution in [0.5, 0.6) is 0 Å². The molecule has 1 unspecified atom stereocenters. The molecule has 1 saturated carbocycles. The van der Waals surface area contributed by atoms with Crippen molar-refractivity contribution in [3.05, 3.63) is 0 Å². The lowest BCUT2D eigenvalue weighted by molar-refractivity contribution is 0.182. The van der Waals surface area contributed by atoms with Gasteiger partial charge in [0, 0.05) is 19.2 Å². The maximum Gasteiger partial charge on any atom is 0.0437 e. The second-order valence-corrected chi connectivity index (χ2v) is 4.63. The average molecular weight is 184 g/mol. The SMILES string of the molecule is NCC1(CCO)CCN(C2CC2)C1. The number of rotatable bonds is 4. The molecule has 0 radical (unpaired) electrons. The third kappa shape index (κ3) is 1.87. The van der Waals surface area contributed by atoms with Gasteiger partial charge in [-0.05, 0) is 44.2 Å². The number of nitrogens with zero attached hydrogens (tertiary/aromatic N) is 1. The van der Waals surface area contributed by atoms with Gasteiger partial charge in [-0.2, -0.15) is 0 Å². The number of hydrogen-bond acceptors (Lipinski definition) is 3. The van der Waals surface area contributed by atoms with Crippen LogP contribution in [0.2, 0.25) is 0 Å². The summed E-state index contributed by atoms with van der Waals surface area (Å²) in [7, 11) is 0. The van der Waals surface area contributed by atoms with E-state index in [4.69, 9.17) is 10.8 Å². The number of aliphatic hydroxyl groups is 1. The van der Waals surface area contributed by atoms with Gasteiger partial charge < -0.3 is 10.8 Å². The topological polar surface area (TPSA) is 49.5 Å². The van der Waals surface area contributed by atoms with Crippen molar-refractivity contribution >= 4 is 0 Å². The molecular formula is C10H20N2O. The van der Waals surface area contributed by atoms with Crippen LogP contribution in [0.4, 0.5) is 0 Å². The normalized spacial score (nSPS) is 35.5. The van der Waals surface area contributed by atoms with Gasteiger partial charge in [0.2, 0.25) is 0 Å². The molecule has 3 nitrogen and oxygen atoms in total. The molecule has 2 fully saturated rings. The zero-order valence-corrected chi connectivity index (χ0v) is 8.21. The third-order valence-corrected chi connectivity index (χ3v) is 3.61. The molecule has 1 saturated heterocycles. The first-order valence-corrected chi connectivity index (χ1v) is 5.35. The smallest absolute Gasteiger partial charge is 0.0437 e. The summed E-state index contributed by atoms with van der Waals surface area (Å²) in [6.45, 7) is 3.34. The minimum atomic E-state index is 0.233. The lowest BCUT2D eigenvalue weighted by Gasteiger charge is -2.27. The molecule has 76 valence electrons. The minimum absolute atomic E-state index is 0.233. The molecule has 1 atom stereocenters. The Morgan fingerprint density at radius 3 is 2.77 bits per heavy atom. The molecule has 0 aromatic heterocycles. The Kier molecular flexibility index (Phi) is 2.58. The highest BCUT2D eigenvalue weighted by molar-refractivity contribution is 4.96. The van der Waals surface area contributed by atoms with Crippen LogP contribution in [0.15, 0.2) is 0 Å². The van der Waals surface area contributed by atoms with E-state index in [9.17, 15) is 0 Å². The second-order valence-electron chi connectivity index (χ2n) is 4.63.